The molecule has 0 aliphatic heterocycles. The van der Waals surface area contributed by atoms with Gasteiger partial charge in [0.05, 0.1) is 26.0 Å². The number of fused-ring (bicyclic) bond motifs is 5. The van der Waals surface area contributed by atoms with Gasteiger partial charge >= 0.3 is 0 Å². The molecule has 5 heteroatoms. The van der Waals surface area contributed by atoms with E-state index >= 15 is 0 Å². The summed E-state index contributed by atoms with van der Waals surface area (Å²) in [5.74, 6) is 2.90. The first kappa shape index (κ1) is 19.7. The molecule has 4 atom stereocenters. The quantitative estimate of drug-likeness (QED) is 0.785. The van der Waals surface area contributed by atoms with Gasteiger partial charge in [-0.15, -0.1) is 0 Å². The molecule has 2 N–H and O–H groups in total. The van der Waals surface area contributed by atoms with E-state index < -0.39 is 0 Å². The molecule has 0 amide bonds. The predicted molar refractivity (Wildman–Crippen MR) is 109 cm³/mol. The van der Waals surface area contributed by atoms with E-state index in [2.05, 4.69) is 17.9 Å². The third kappa shape index (κ3) is 2.94. The van der Waals surface area contributed by atoms with Crippen molar-refractivity contribution in [3.63, 3.8) is 0 Å². The summed E-state index contributed by atoms with van der Waals surface area (Å²) in [7, 11) is 1.68. The van der Waals surface area contributed by atoms with Crippen LogP contribution in [0.1, 0.15) is 56.1 Å². The number of rotatable bonds is 6. The molecule has 1 aromatic rings. The van der Waals surface area contributed by atoms with Crippen LogP contribution in [0, 0.1) is 17.3 Å². The molecule has 154 valence electrons. The Balaban J connectivity index is 1.74. The smallest absolute Gasteiger partial charge is 0.142 e. The highest BCUT2D eigenvalue weighted by molar-refractivity contribution is 5.87. The van der Waals surface area contributed by atoms with Gasteiger partial charge in [-0.05, 0) is 67.1 Å². The minimum Gasteiger partial charge on any atom is -0.495 e. The topological polar surface area (TPSA) is 70.0 Å². The predicted octanol–water partition coefficient (Wildman–Crippen LogP) is 2.91. The van der Waals surface area contributed by atoms with Crippen molar-refractivity contribution in [2.45, 2.75) is 51.4 Å². The Bertz CT molecular complexity index is 742. The first-order valence-corrected chi connectivity index (χ1v) is 10.7. The van der Waals surface area contributed by atoms with Crippen LogP contribution in [-0.4, -0.2) is 49.4 Å². The number of ether oxygens (including phenoxy) is 1. The normalized spacial score (nSPS) is 31.1. The van der Waals surface area contributed by atoms with Gasteiger partial charge in [0, 0.05) is 24.9 Å². The van der Waals surface area contributed by atoms with Gasteiger partial charge in [-0.3, -0.25) is 4.79 Å². The third-order valence-corrected chi connectivity index (χ3v) is 7.83. The van der Waals surface area contributed by atoms with Gasteiger partial charge in [-0.1, -0.05) is 13.0 Å². The van der Waals surface area contributed by atoms with E-state index in [9.17, 15) is 15.0 Å². The van der Waals surface area contributed by atoms with E-state index in [0.29, 0.717) is 36.6 Å². The van der Waals surface area contributed by atoms with Crippen LogP contribution in [0.25, 0.3) is 0 Å². The fourth-order valence-corrected chi connectivity index (χ4v) is 6.49. The second-order valence-electron chi connectivity index (χ2n) is 8.95. The highest BCUT2D eigenvalue weighted by Crippen LogP contribution is 2.60. The minimum absolute atomic E-state index is 0.0431. The number of aliphatic hydroxyl groups excluding tert-OH is 2. The first-order chi connectivity index (χ1) is 13.5. The molecule has 0 aromatic heterocycles. The molecule has 2 saturated carbocycles. The van der Waals surface area contributed by atoms with Gasteiger partial charge in [0.25, 0.3) is 0 Å². The number of hydrogen-bond donors (Lipinski definition) is 2. The maximum atomic E-state index is 12.6. The summed E-state index contributed by atoms with van der Waals surface area (Å²) in [6, 6.07) is 4.27. The Morgan fingerprint density at radius 1 is 1.14 bits per heavy atom. The van der Waals surface area contributed by atoms with E-state index in [-0.39, 0.29) is 18.6 Å². The number of hydrogen-bond acceptors (Lipinski definition) is 5. The summed E-state index contributed by atoms with van der Waals surface area (Å²) in [5.41, 5.74) is 3.65. The summed E-state index contributed by atoms with van der Waals surface area (Å²) >= 11 is 0. The van der Waals surface area contributed by atoms with Crippen LogP contribution in [0.3, 0.4) is 0 Å². The van der Waals surface area contributed by atoms with Crippen molar-refractivity contribution in [1.29, 1.82) is 0 Å². The van der Waals surface area contributed by atoms with Gasteiger partial charge in [0.1, 0.15) is 11.5 Å². The lowest BCUT2D eigenvalue weighted by molar-refractivity contribution is -0.129. The van der Waals surface area contributed by atoms with Crippen LogP contribution >= 0.6 is 0 Å². The highest BCUT2D eigenvalue weighted by Gasteiger charge is 2.54. The van der Waals surface area contributed by atoms with Crippen LogP contribution in [0.15, 0.2) is 12.1 Å². The van der Waals surface area contributed by atoms with Gasteiger partial charge in [-0.2, -0.15) is 0 Å². The van der Waals surface area contributed by atoms with E-state index in [1.54, 1.807) is 7.11 Å². The minimum atomic E-state index is -0.103. The average Bonchev–Trinajstić information content (AvgIpc) is 3.01. The molecule has 3 aliphatic rings. The summed E-state index contributed by atoms with van der Waals surface area (Å²) in [4.78, 5) is 14.6. The zero-order chi connectivity index (χ0) is 19.9. The van der Waals surface area contributed by atoms with Gasteiger partial charge in [0.2, 0.25) is 0 Å². The highest BCUT2D eigenvalue weighted by atomic mass is 16.5. The maximum absolute atomic E-state index is 12.6. The number of ketones is 1. The Hall–Kier alpha value is -1.59. The second kappa shape index (κ2) is 7.68. The Labute approximate surface area is 167 Å². The standard InChI is InChI=1S/C23H33NO4/c1-23-10-9-16-15-5-7-20(28-2)22(24(11-13-25)12-14-26)18(15)4-3-17(16)19(23)6-8-21(23)27/h5,7,16-17,19,25-26H,3-4,6,8-14H2,1-2H3/t16-,17+,19+,23-/m1/s1. The molecule has 28 heavy (non-hydrogen) atoms. The van der Waals surface area contributed by atoms with Gasteiger partial charge in [0.15, 0.2) is 0 Å². The number of nitrogens with zero attached hydrogens (tertiary/aromatic N) is 1. The van der Waals surface area contributed by atoms with Crippen molar-refractivity contribution < 1.29 is 19.7 Å². The lowest BCUT2D eigenvalue weighted by Crippen LogP contribution is -2.43. The molecule has 0 bridgehead atoms. The van der Waals surface area contributed by atoms with Gasteiger partial charge in [-0.25, -0.2) is 0 Å². The number of methoxy groups -OCH3 is 1. The molecular formula is C23H33NO4. The van der Waals surface area contributed by atoms with E-state index in [4.69, 9.17) is 4.74 Å². The molecule has 4 rings (SSSR count). The Morgan fingerprint density at radius 2 is 1.89 bits per heavy atom. The van der Waals surface area contributed by atoms with E-state index in [0.717, 1.165) is 50.0 Å². The lowest BCUT2D eigenvalue weighted by atomic mass is 9.55. The number of Topliss-reactive ketones (excluding diaryl/α,β-unsaturated/α-hetero) is 1. The third-order valence-electron chi connectivity index (χ3n) is 7.83. The summed E-state index contributed by atoms with van der Waals surface area (Å²) in [6.45, 7) is 3.26. The first-order valence-electron chi connectivity index (χ1n) is 10.7. The van der Waals surface area contributed by atoms with Crippen molar-refractivity contribution in [3.8, 4) is 5.75 Å². The molecule has 0 saturated heterocycles. The number of carbonyl (C=O) groups is 1. The van der Waals surface area contributed by atoms with Crippen LogP contribution in [0.5, 0.6) is 5.75 Å². The number of aliphatic hydroxyl groups is 2. The zero-order valence-corrected chi connectivity index (χ0v) is 17.1. The summed E-state index contributed by atoms with van der Waals surface area (Å²) in [6.07, 6.45) is 5.95. The number of carbonyl (C=O) groups excluding carboxylic acids is 1. The van der Waals surface area contributed by atoms with Crippen molar-refractivity contribution in [1.82, 2.24) is 0 Å². The van der Waals surface area contributed by atoms with Crippen molar-refractivity contribution in [2.75, 3.05) is 38.3 Å². The SMILES string of the molecule is COc1ccc2c(c1N(CCO)CCO)CC[C@H]1[C@@H]2CC[C@@]2(C)C(=O)CC[C@@H]12. The molecule has 0 spiro atoms. The Kier molecular flexibility index (Phi) is 5.41. The van der Waals surface area contributed by atoms with Gasteiger partial charge < -0.3 is 19.8 Å². The van der Waals surface area contributed by atoms with Crippen molar-refractivity contribution in [3.05, 3.63) is 23.3 Å². The summed E-state index contributed by atoms with van der Waals surface area (Å²) < 4.78 is 5.67. The van der Waals surface area contributed by atoms with Crippen LogP contribution < -0.4 is 9.64 Å². The number of benzene rings is 1. The molecule has 0 heterocycles. The molecule has 0 radical (unpaired) electrons. The zero-order valence-electron chi connectivity index (χ0n) is 17.1. The van der Waals surface area contributed by atoms with Crippen LogP contribution in [0.2, 0.25) is 0 Å². The van der Waals surface area contributed by atoms with E-state index in [1.165, 1.54) is 11.1 Å². The monoisotopic (exact) mass is 387 g/mol. The van der Waals surface area contributed by atoms with Crippen molar-refractivity contribution in [2.24, 2.45) is 17.3 Å². The molecular weight excluding hydrogens is 354 g/mol. The largest absolute Gasteiger partial charge is 0.495 e. The lowest BCUT2D eigenvalue weighted by Gasteiger charge is -2.49. The Morgan fingerprint density at radius 3 is 2.57 bits per heavy atom. The van der Waals surface area contributed by atoms with E-state index in [1.807, 2.05) is 6.07 Å². The van der Waals surface area contributed by atoms with Crippen molar-refractivity contribution >= 4 is 11.5 Å². The molecule has 0 unspecified atom stereocenters. The maximum Gasteiger partial charge on any atom is 0.142 e. The molecule has 5 nitrogen and oxygen atoms in total. The number of anilines is 1. The van der Waals surface area contributed by atoms with Crippen LogP contribution in [-0.2, 0) is 11.2 Å². The fraction of sp³-hybridized carbons (Fsp3) is 0.696. The van der Waals surface area contributed by atoms with Crippen LogP contribution in [0.4, 0.5) is 5.69 Å². The second-order valence-corrected chi connectivity index (χ2v) is 8.95. The molecule has 2 fully saturated rings. The summed E-state index contributed by atoms with van der Waals surface area (Å²) in [5, 5.41) is 19.1. The molecule has 3 aliphatic carbocycles. The molecule has 1 aromatic carbocycles. The average molecular weight is 388 g/mol. The fourth-order valence-electron chi connectivity index (χ4n) is 6.49.